The van der Waals surface area contributed by atoms with Crippen molar-refractivity contribution in [1.29, 1.82) is 0 Å². The number of hydrogen-bond donors (Lipinski definition) is 0. The van der Waals surface area contributed by atoms with E-state index in [0.29, 0.717) is 0 Å². The lowest BCUT2D eigenvalue weighted by Crippen LogP contribution is -2.50. The summed E-state index contributed by atoms with van der Waals surface area (Å²) in [5.74, 6) is -2.79. The molecule has 1 aromatic rings. The summed E-state index contributed by atoms with van der Waals surface area (Å²) in [7, 11) is 0. The van der Waals surface area contributed by atoms with Crippen LogP contribution in [0.5, 0.6) is 0 Å². The Morgan fingerprint density at radius 2 is 1.73 bits per heavy atom. The first-order valence-corrected chi connectivity index (χ1v) is 7.19. The topological polar surface area (TPSA) is 23.6 Å². The number of carbonyl (C=O) groups is 1. The maximum absolute atomic E-state index is 13.3. The molecule has 1 aliphatic heterocycles. The third-order valence-corrected chi connectivity index (χ3v) is 3.87. The van der Waals surface area contributed by atoms with Crippen LogP contribution in [0.25, 0.3) is 0 Å². The molecule has 0 N–H and O–H groups in total. The van der Waals surface area contributed by atoms with Crippen molar-refractivity contribution in [3.05, 3.63) is 33.8 Å². The number of piperazine rings is 1. The zero-order chi connectivity index (χ0) is 16.5. The van der Waals surface area contributed by atoms with Gasteiger partial charge in [0, 0.05) is 31.7 Å². The molecule has 0 bridgehead atoms. The molecule has 1 heterocycles. The SMILES string of the molecule is O=C(c1cc(F)c(F)c(Br)c1)N1CCN(CC(F)(F)F)CC1. The van der Waals surface area contributed by atoms with E-state index in [-0.39, 0.29) is 36.2 Å². The van der Waals surface area contributed by atoms with Crippen molar-refractivity contribution in [2.45, 2.75) is 6.18 Å². The van der Waals surface area contributed by atoms with Crippen molar-refractivity contribution in [1.82, 2.24) is 9.80 Å². The molecular weight excluding hydrogens is 375 g/mol. The Morgan fingerprint density at radius 3 is 2.23 bits per heavy atom. The first kappa shape index (κ1) is 17.1. The van der Waals surface area contributed by atoms with Gasteiger partial charge in [0.2, 0.25) is 0 Å². The van der Waals surface area contributed by atoms with Gasteiger partial charge in [-0.25, -0.2) is 8.78 Å². The number of alkyl halides is 3. The number of hydrogen-bond acceptors (Lipinski definition) is 2. The van der Waals surface area contributed by atoms with Crippen molar-refractivity contribution in [3.8, 4) is 0 Å². The molecule has 0 spiro atoms. The number of rotatable bonds is 2. The number of benzene rings is 1. The van der Waals surface area contributed by atoms with Gasteiger partial charge in [0.05, 0.1) is 11.0 Å². The molecule has 9 heteroatoms. The molecule has 1 aliphatic rings. The van der Waals surface area contributed by atoms with E-state index in [0.717, 1.165) is 12.1 Å². The second-order valence-electron chi connectivity index (χ2n) is 4.94. The Hall–Kier alpha value is -1.22. The molecule has 2 rings (SSSR count). The zero-order valence-electron chi connectivity index (χ0n) is 11.3. The summed E-state index contributed by atoms with van der Waals surface area (Å²) in [4.78, 5) is 14.7. The third kappa shape index (κ3) is 4.16. The number of carbonyl (C=O) groups excluding carboxylic acids is 1. The zero-order valence-corrected chi connectivity index (χ0v) is 12.8. The Bertz CT molecular complexity index is 547. The van der Waals surface area contributed by atoms with Crippen molar-refractivity contribution in [3.63, 3.8) is 0 Å². The summed E-state index contributed by atoms with van der Waals surface area (Å²) in [5, 5.41) is 0. The van der Waals surface area contributed by atoms with Crippen molar-refractivity contribution in [2.24, 2.45) is 0 Å². The molecule has 0 atom stereocenters. The normalized spacial score (nSPS) is 16.9. The Kier molecular flexibility index (Phi) is 5.06. The predicted molar refractivity (Wildman–Crippen MR) is 72.5 cm³/mol. The van der Waals surface area contributed by atoms with Crippen LogP contribution in [0.1, 0.15) is 10.4 Å². The van der Waals surface area contributed by atoms with Gasteiger partial charge in [-0.2, -0.15) is 13.2 Å². The molecule has 1 fully saturated rings. The summed E-state index contributed by atoms with van der Waals surface area (Å²) in [6, 6.07) is 1.94. The largest absolute Gasteiger partial charge is 0.401 e. The molecule has 1 aromatic carbocycles. The summed E-state index contributed by atoms with van der Waals surface area (Å²) in [6.45, 7) is -0.658. The lowest BCUT2D eigenvalue weighted by Gasteiger charge is -2.35. The minimum atomic E-state index is -4.28. The van der Waals surface area contributed by atoms with Crippen LogP contribution in [-0.2, 0) is 0 Å². The molecule has 22 heavy (non-hydrogen) atoms. The number of amides is 1. The van der Waals surface area contributed by atoms with Gasteiger partial charge in [-0.3, -0.25) is 9.69 Å². The van der Waals surface area contributed by atoms with Crippen LogP contribution in [0.4, 0.5) is 22.0 Å². The van der Waals surface area contributed by atoms with Gasteiger partial charge in [-0.05, 0) is 28.1 Å². The van der Waals surface area contributed by atoms with E-state index < -0.39 is 30.3 Å². The van der Waals surface area contributed by atoms with Crippen LogP contribution in [-0.4, -0.2) is 54.6 Å². The molecule has 0 aromatic heterocycles. The fourth-order valence-electron chi connectivity index (χ4n) is 2.22. The fraction of sp³-hybridized carbons (Fsp3) is 0.462. The average molecular weight is 387 g/mol. The first-order chi connectivity index (χ1) is 10.2. The highest BCUT2D eigenvalue weighted by molar-refractivity contribution is 9.10. The summed E-state index contributed by atoms with van der Waals surface area (Å²) >= 11 is 2.81. The molecule has 0 saturated carbocycles. The molecule has 0 radical (unpaired) electrons. The van der Waals surface area contributed by atoms with Crippen molar-refractivity contribution in [2.75, 3.05) is 32.7 Å². The standard InChI is InChI=1S/C13H12BrF5N2O/c14-9-5-8(6-10(15)11(9)16)12(22)21-3-1-20(2-4-21)7-13(17,18)19/h5-6H,1-4,7H2. The van der Waals surface area contributed by atoms with Gasteiger partial charge in [0.1, 0.15) is 0 Å². The molecule has 1 saturated heterocycles. The maximum Gasteiger partial charge on any atom is 0.401 e. The van der Waals surface area contributed by atoms with Crippen LogP contribution in [0.2, 0.25) is 0 Å². The molecular formula is C13H12BrF5N2O. The van der Waals surface area contributed by atoms with Crippen LogP contribution in [0.3, 0.4) is 0 Å². The first-order valence-electron chi connectivity index (χ1n) is 6.40. The van der Waals surface area contributed by atoms with Crippen molar-refractivity contribution < 1.29 is 26.7 Å². The van der Waals surface area contributed by atoms with Gasteiger partial charge in [0.25, 0.3) is 5.91 Å². The third-order valence-electron chi connectivity index (χ3n) is 3.29. The molecule has 1 amide bonds. The molecule has 122 valence electrons. The lowest BCUT2D eigenvalue weighted by molar-refractivity contribution is -0.148. The summed E-state index contributed by atoms with van der Waals surface area (Å²) in [6.07, 6.45) is -4.28. The highest BCUT2D eigenvalue weighted by Gasteiger charge is 2.33. The second-order valence-corrected chi connectivity index (χ2v) is 5.79. The Balaban J connectivity index is 2.01. The van der Waals surface area contributed by atoms with Gasteiger partial charge >= 0.3 is 6.18 Å². The van der Waals surface area contributed by atoms with E-state index in [4.69, 9.17) is 0 Å². The smallest absolute Gasteiger partial charge is 0.336 e. The van der Waals surface area contributed by atoms with E-state index in [1.807, 2.05) is 0 Å². The van der Waals surface area contributed by atoms with Crippen molar-refractivity contribution >= 4 is 21.8 Å². The van der Waals surface area contributed by atoms with Gasteiger partial charge < -0.3 is 4.90 Å². The van der Waals surface area contributed by atoms with Crippen LogP contribution in [0.15, 0.2) is 16.6 Å². The van der Waals surface area contributed by atoms with Gasteiger partial charge in [0.15, 0.2) is 11.6 Å². The molecule has 0 aliphatic carbocycles. The average Bonchev–Trinajstić information content (AvgIpc) is 2.42. The van der Waals surface area contributed by atoms with Crippen LogP contribution >= 0.6 is 15.9 Å². The number of nitrogens with zero attached hydrogens (tertiary/aromatic N) is 2. The summed E-state index contributed by atoms with van der Waals surface area (Å²) in [5.41, 5.74) is -0.0463. The minimum absolute atomic E-state index is 0.0463. The molecule has 0 unspecified atom stereocenters. The quantitative estimate of drug-likeness (QED) is 0.576. The highest BCUT2D eigenvalue weighted by atomic mass is 79.9. The number of halogens is 6. The fourth-order valence-corrected chi connectivity index (χ4v) is 2.66. The summed E-state index contributed by atoms with van der Waals surface area (Å²) < 4.78 is 63.1. The Labute approximate surface area is 131 Å². The molecule has 3 nitrogen and oxygen atoms in total. The van der Waals surface area contributed by atoms with Gasteiger partial charge in [-0.15, -0.1) is 0 Å². The van der Waals surface area contributed by atoms with E-state index in [1.54, 1.807) is 0 Å². The van der Waals surface area contributed by atoms with Crippen LogP contribution in [0, 0.1) is 11.6 Å². The lowest BCUT2D eigenvalue weighted by atomic mass is 10.1. The second kappa shape index (κ2) is 6.49. The van der Waals surface area contributed by atoms with E-state index in [2.05, 4.69) is 15.9 Å². The monoisotopic (exact) mass is 386 g/mol. The predicted octanol–water partition coefficient (Wildman–Crippen LogP) is 3.05. The minimum Gasteiger partial charge on any atom is -0.336 e. The van der Waals surface area contributed by atoms with Crippen LogP contribution < -0.4 is 0 Å². The van der Waals surface area contributed by atoms with E-state index >= 15 is 0 Å². The Morgan fingerprint density at radius 1 is 1.14 bits per heavy atom. The van der Waals surface area contributed by atoms with E-state index in [9.17, 15) is 26.7 Å². The highest BCUT2D eigenvalue weighted by Crippen LogP contribution is 2.22. The van der Waals surface area contributed by atoms with Gasteiger partial charge in [-0.1, -0.05) is 0 Å². The van der Waals surface area contributed by atoms with E-state index in [1.165, 1.54) is 9.80 Å². The maximum atomic E-state index is 13.3.